The molecule has 0 saturated carbocycles. The Hall–Kier alpha value is -1.62. The second-order valence-electron chi connectivity index (χ2n) is 5.79. The number of carbonyl (C=O) groups is 1. The van der Waals surface area contributed by atoms with E-state index in [0.717, 1.165) is 30.8 Å². The SMILES string of the molecule is C[C@](O)(CNC(=O)NC1CCN(CC#N)CC1)c1cccs1. The minimum absolute atomic E-state index is 0.127. The number of nitrogens with one attached hydrogen (secondary N) is 2. The highest BCUT2D eigenvalue weighted by Crippen LogP contribution is 2.24. The van der Waals surface area contributed by atoms with Crippen LogP contribution in [0.2, 0.25) is 0 Å². The molecule has 2 heterocycles. The van der Waals surface area contributed by atoms with E-state index in [2.05, 4.69) is 21.6 Å². The molecule has 6 nitrogen and oxygen atoms in total. The Morgan fingerprint density at radius 1 is 1.59 bits per heavy atom. The van der Waals surface area contributed by atoms with Crippen molar-refractivity contribution in [3.8, 4) is 6.07 Å². The van der Waals surface area contributed by atoms with Crippen LogP contribution in [0.15, 0.2) is 17.5 Å². The minimum atomic E-state index is -1.05. The van der Waals surface area contributed by atoms with Crippen LogP contribution in [0.3, 0.4) is 0 Å². The fourth-order valence-electron chi connectivity index (χ4n) is 2.50. The molecule has 7 heteroatoms. The van der Waals surface area contributed by atoms with Crippen molar-refractivity contribution in [2.45, 2.75) is 31.4 Å². The van der Waals surface area contributed by atoms with Gasteiger partial charge >= 0.3 is 6.03 Å². The summed E-state index contributed by atoms with van der Waals surface area (Å²) in [7, 11) is 0. The molecule has 0 radical (unpaired) electrons. The van der Waals surface area contributed by atoms with Crippen LogP contribution < -0.4 is 10.6 Å². The van der Waals surface area contributed by atoms with Gasteiger partial charge in [-0.15, -0.1) is 11.3 Å². The monoisotopic (exact) mass is 322 g/mol. The summed E-state index contributed by atoms with van der Waals surface area (Å²) in [5, 5.41) is 26.6. The third-order valence-corrected chi connectivity index (χ3v) is 4.99. The second kappa shape index (κ2) is 7.58. The molecule has 0 spiro atoms. The summed E-state index contributed by atoms with van der Waals surface area (Å²) >= 11 is 1.47. The minimum Gasteiger partial charge on any atom is -0.383 e. The number of nitrogens with zero attached hydrogens (tertiary/aromatic N) is 2. The summed E-state index contributed by atoms with van der Waals surface area (Å²) < 4.78 is 0. The number of likely N-dealkylation sites (tertiary alicyclic amines) is 1. The number of piperidine rings is 1. The Kier molecular flexibility index (Phi) is 5.77. The zero-order valence-electron chi connectivity index (χ0n) is 12.7. The fourth-order valence-corrected chi connectivity index (χ4v) is 3.28. The van der Waals surface area contributed by atoms with Crippen molar-refractivity contribution < 1.29 is 9.90 Å². The fraction of sp³-hybridized carbons (Fsp3) is 0.600. The van der Waals surface area contributed by atoms with E-state index in [1.165, 1.54) is 11.3 Å². The molecule has 1 fully saturated rings. The molecule has 1 aliphatic heterocycles. The molecule has 1 saturated heterocycles. The van der Waals surface area contributed by atoms with E-state index in [4.69, 9.17) is 5.26 Å². The van der Waals surface area contributed by atoms with E-state index in [-0.39, 0.29) is 18.6 Å². The van der Waals surface area contributed by atoms with Gasteiger partial charge in [-0.05, 0) is 31.2 Å². The maximum absolute atomic E-state index is 11.9. The van der Waals surface area contributed by atoms with Crippen LogP contribution in [-0.4, -0.2) is 48.3 Å². The average Bonchev–Trinajstić information content (AvgIpc) is 3.03. The number of amides is 2. The molecule has 1 atom stereocenters. The Balaban J connectivity index is 1.72. The van der Waals surface area contributed by atoms with Crippen LogP contribution in [-0.2, 0) is 5.60 Å². The molecule has 0 aromatic carbocycles. The predicted octanol–water partition coefficient (Wildman–Crippen LogP) is 1.24. The number of carbonyl (C=O) groups excluding carboxylic acids is 1. The molecule has 1 aromatic heterocycles. The standard InChI is InChI=1S/C15H22N4O2S/c1-15(21,13-3-2-10-22-13)11-17-14(20)18-12-4-7-19(8-5-12)9-6-16/h2-3,10,12,21H,4-5,7-9,11H2,1H3,(H2,17,18,20)/t15-/m0/s1. The van der Waals surface area contributed by atoms with Gasteiger partial charge in [0, 0.05) is 24.0 Å². The summed E-state index contributed by atoms with van der Waals surface area (Å²) in [6.45, 7) is 3.96. The second-order valence-corrected chi connectivity index (χ2v) is 6.73. The third-order valence-electron chi connectivity index (χ3n) is 3.86. The molecular formula is C15H22N4O2S. The van der Waals surface area contributed by atoms with Gasteiger partial charge in [-0.1, -0.05) is 6.07 Å². The van der Waals surface area contributed by atoms with Gasteiger partial charge < -0.3 is 15.7 Å². The Morgan fingerprint density at radius 3 is 2.91 bits per heavy atom. The van der Waals surface area contributed by atoms with Gasteiger partial charge in [0.2, 0.25) is 0 Å². The highest BCUT2D eigenvalue weighted by molar-refractivity contribution is 7.10. The van der Waals surface area contributed by atoms with Gasteiger partial charge in [0.15, 0.2) is 0 Å². The molecule has 1 aliphatic rings. The zero-order chi connectivity index (χ0) is 16.0. The molecule has 2 amide bonds. The van der Waals surface area contributed by atoms with Crippen molar-refractivity contribution in [1.29, 1.82) is 5.26 Å². The Morgan fingerprint density at radius 2 is 2.32 bits per heavy atom. The van der Waals surface area contributed by atoms with E-state index in [0.29, 0.717) is 6.54 Å². The van der Waals surface area contributed by atoms with Crippen LogP contribution in [0.25, 0.3) is 0 Å². The lowest BCUT2D eigenvalue weighted by Gasteiger charge is -2.31. The molecule has 22 heavy (non-hydrogen) atoms. The first-order valence-electron chi connectivity index (χ1n) is 7.41. The van der Waals surface area contributed by atoms with Gasteiger partial charge in [-0.25, -0.2) is 4.79 Å². The van der Waals surface area contributed by atoms with Crippen LogP contribution in [0.5, 0.6) is 0 Å². The maximum atomic E-state index is 11.9. The van der Waals surface area contributed by atoms with E-state index in [1.54, 1.807) is 6.92 Å². The van der Waals surface area contributed by atoms with Crippen molar-refractivity contribution in [3.63, 3.8) is 0 Å². The van der Waals surface area contributed by atoms with Crippen LogP contribution in [0.4, 0.5) is 4.79 Å². The summed E-state index contributed by atoms with van der Waals surface area (Å²) in [5.74, 6) is 0. The molecule has 0 unspecified atom stereocenters. The first kappa shape index (κ1) is 16.7. The van der Waals surface area contributed by atoms with Crippen molar-refractivity contribution in [3.05, 3.63) is 22.4 Å². The number of nitriles is 1. The third kappa shape index (κ3) is 4.70. The van der Waals surface area contributed by atoms with Gasteiger partial charge in [0.25, 0.3) is 0 Å². The van der Waals surface area contributed by atoms with E-state index >= 15 is 0 Å². The lowest BCUT2D eigenvalue weighted by Crippen LogP contribution is -2.50. The quantitative estimate of drug-likeness (QED) is 0.712. The average molecular weight is 322 g/mol. The van der Waals surface area contributed by atoms with E-state index in [1.807, 2.05) is 17.5 Å². The molecule has 3 N–H and O–H groups in total. The first-order valence-corrected chi connectivity index (χ1v) is 8.29. The predicted molar refractivity (Wildman–Crippen MR) is 85.5 cm³/mol. The van der Waals surface area contributed by atoms with Crippen molar-refractivity contribution in [2.24, 2.45) is 0 Å². The summed E-state index contributed by atoms with van der Waals surface area (Å²) in [6, 6.07) is 5.75. The highest BCUT2D eigenvalue weighted by Gasteiger charge is 2.26. The number of thiophene rings is 1. The largest absolute Gasteiger partial charge is 0.383 e. The topological polar surface area (TPSA) is 88.4 Å². The lowest BCUT2D eigenvalue weighted by molar-refractivity contribution is 0.0628. The number of rotatable bonds is 5. The number of aliphatic hydroxyl groups is 1. The number of hydrogen-bond donors (Lipinski definition) is 3. The van der Waals surface area contributed by atoms with Gasteiger partial charge in [-0.3, -0.25) is 4.90 Å². The van der Waals surface area contributed by atoms with E-state index < -0.39 is 5.60 Å². The van der Waals surface area contributed by atoms with Gasteiger partial charge in [0.1, 0.15) is 5.60 Å². The smallest absolute Gasteiger partial charge is 0.315 e. The van der Waals surface area contributed by atoms with Crippen LogP contribution >= 0.6 is 11.3 Å². The summed E-state index contributed by atoms with van der Waals surface area (Å²) in [5.41, 5.74) is -1.05. The van der Waals surface area contributed by atoms with Gasteiger partial charge in [0.05, 0.1) is 19.2 Å². The van der Waals surface area contributed by atoms with E-state index in [9.17, 15) is 9.90 Å². The van der Waals surface area contributed by atoms with Crippen LogP contribution in [0.1, 0.15) is 24.6 Å². The molecule has 0 aliphatic carbocycles. The van der Waals surface area contributed by atoms with Crippen molar-refractivity contribution >= 4 is 17.4 Å². The highest BCUT2D eigenvalue weighted by atomic mass is 32.1. The Bertz CT molecular complexity index is 516. The van der Waals surface area contributed by atoms with Gasteiger partial charge in [-0.2, -0.15) is 5.26 Å². The summed E-state index contributed by atoms with van der Waals surface area (Å²) in [6.07, 6.45) is 1.69. The number of urea groups is 1. The lowest BCUT2D eigenvalue weighted by atomic mass is 10.0. The normalized spacial score (nSPS) is 19.1. The molecule has 1 aromatic rings. The maximum Gasteiger partial charge on any atom is 0.315 e. The molecule has 0 bridgehead atoms. The summed E-state index contributed by atoms with van der Waals surface area (Å²) in [4.78, 5) is 14.9. The molecule has 2 rings (SSSR count). The Labute approximate surface area is 134 Å². The first-order chi connectivity index (χ1) is 10.5. The molecule has 120 valence electrons. The van der Waals surface area contributed by atoms with Crippen molar-refractivity contribution in [2.75, 3.05) is 26.2 Å². The zero-order valence-corrected chi connectivity index (χ0v) is 13.5. The van der Waals surface area contributed by atoms with Crippen LogP contribution in [0, 0.1) is 11.3 Å². The number of hydrogen-bond acceptors (Lipinski definition) is 5. The van der Waals surface area contributed by atoms with Crippen molar-refractivity contribution in [1.82, 2.24) is 15.5 Å². The molecular weight excluding hydrogens is 300 g/mol.